The first-order chi connectivity index (χ1) is 8.99. The highest BCUT2D eigenvalue weighted by atomic mass is 16.4. The number of H-pyrrole nitrogens is 1. The molecule has 0 aliphatic heterocycles. The van der Waals surface area contributed by atoms with Crippen molar-refractivity contribution in [2.24, 2.45) is 0 Å². The number of rotatable bonds is 4. The maximum absolute atomic E-state index is 10.9. The number of aryl methyl sites for hydroxylation is 3. The topological polar surface area (TPSA) is 78.0 Å². The molecular weight excluding hydrogens is 242 g/mol. The Morgan fingerprint density at radius 1 is 1.37 bits per heavy atom. The molecule has 0 atom stereocenters. The molecule has 2 aromatic rings. The van der Waals surface area contributed by atoms with Crippen LogP contribution in [0.4, 0.5) is 5.69 Å². The summed E-state index contributed by atoms with van der Waals surface area (Å²) in [6.45, 7) is 6.50. The normalized spacial score (nSPS) is 10.5. The van der Waals surface area contributed by atoms with Crippen molar-refractivity contribution in [2.75, 3.05) is 5.32 Å². The van der Waals surface area contributed by atoms with Crippen molar-refractivity contribution in [3.63, 3.8) is 0 Å². The van der Waals surface area contributed by atoms with E-state index in [1.165, 1.54) is 0 Å². The second kappa shape index (κ2) is 5.14. The van der Waals surface area contributed by atoms with Gasteiger partial charge in [-0.2, -0.15) is 5.10 Å². The fourth-order valence-electron chi connectivity index (χ4n) is 2.01. The summed E-state index contributed by atoms with van der Waals surface area (Å²) in [5.41, 5.74) is 5.32. The molecule has 0 saturated heterocycles. The second-order valence-electron chi connectivity index (χ2n) is 4.60. The summed E-state index contributed by atoms with van der Waals surface area (Å²) in [6, 6.07) is 5.07. The number of aromatic amines is 1. The summed E-state index contributed by atoms with van der Waals surface area (Å²) in [7, 11) is 0. The van der Waals surface area contributed by atoms with E-state index in [0.29, 0.717) is 12.1 Å². The molecule has 19 heavy (non-hydrogen) atoms. The van der Waals surface area contributed by atoms with Crippen LogP contribution in [0.1, 0.15) is 32.9 Å². The van der Waals surface area contributed by atoms with Gasteiger partial charge in [0.05, 0.1) is 11.3 Å². The van der Waals surface area contributed by atoms with Crippen LogP contribution in [0, 0.1) is 20.8 Å². The van der Waals surface area contributed by atoms with Crippen LogP contribution < -0.4 is 5.32 Å². The predicted molar refractivity (Wildman–Crippen MR) is 73.5 cm³/mol. The number of carboxylic acid groups (broad SMARTS) is 1. The molecule has 100 valence electrons. The minimum Gasteiger partial charge on any atom is -0.478 e. The van der Waals surface area contributed by atoms with Gasteiger partial charge in [0.15, 0.2) is 0 Å². The summed E-state index contributed by atoms with van der Waals surface area (Å²) >= 11 is 0. The fourth-order valence-corrected chi connectivity index (χ4v) is 2.01. The van der Waals surface area contributed by atoms with Gasteiger partial charge in [-0.1, -0.05) is 0 Å². The van der Waals surface area contributed by atoms with Crippen molar-refractivity contribution in [1.29, 1.82) is 0 Å². The van der Waals surface area contributed by atoms with Crippen LogP contribution in [0.2, 0.25) is 0 Å². The summed E-state index contributed by atoms with van der Waals surface area (Å²) < 4.78 is 0. The number of nitrogens with one attached hydrogen (secondary N) is 2. The average molecular weight is 259 g/mol. The van der Waals surface area contributed by atoms with Crippen LogP contribution in [0.25, 0.3) is 0 Å². The number of benzene rings is 1. The summed E-state index contributed by atoms with van der Waals surface area (Å²) in [5, 5.41) is 19.3. The van der Waals surface area contributed by atoms with Gasteiger partial charge in [-0.25, -0.2) is 4.79 Å². The van der Waals surface area contributed by atoms with Crippen LogP contribution in [-0.2, 0) is 6.54 Å². The molecule has 0 unspecified atom stereocenters. The van der Waals surface area contributed by atoms with Crippen molar-refractivity contribution in [3.05, 3.63) is 46.3 Å². The van der Waals surface area contributed by atoms with Crippen molar-refractivity contribution in [3.8, 4) is 0 Å². The Labute approximate surface area is 111 Å². The van der Waals surface area contributed by atoms with Gasteiger partial charge in [-0.05, 0) is 44.5 Å². The van der Waals surface area contributed by atoms with E-state index in [1.807, 2.05) is 20.8 Å². The second-order valence-corrected chi connectivity index (χ2v) is 4.60. The van der Waals surface area contributed by atoms with Gasteiger partial charge in [-0.15, -0.1) is 0 Å². The van der Waals surface area contributed by atoms with Crippen molar-refractivity contribution in [2.45, 2.75) is 27.3 Å². The van der Waals surface area contributed by atoms with E-state index in [-0.39, 0.29) is 0 Å². The number of carboxylic acids is 1. The number of hydrogen-bond donors (Lipinski definition) is 3. The molecule has 5 heteroatoms. The van der Waals surface area contributed by atoms with E-state index in [9.17, 15) is 4.79 Å². The Morgan fingerprint density at radius 3 is 2.63 bits per heavy atom. The lowest BCUT2D eigenvalue weighted by Gasteiger charge is -2.10. The van der Waals surface area contributed by atoms with Crippen molar-refractivity contribution >= 4 is 11.7 Å². The molecular formula is C14H17N3O2. The Balaban J connectivity index is 2.14. The van der Waals surface area contributed by atoms with E-state index in [4.69, 9.17) is 5.11 Å². The standard InChI is InChI=1S/C14H17N3O2/c1-8-6-11(14(18)19)4-5-13(8)15-7-12-9(2)16-17-10(12)3/h4-6,15H,7H2,1-3H3,(H,16,17)(H,18,19). The number of nitrogens with zero attached hydrogens (tertiary/aromatic N) is 1. The molecule has 0 aliphatic carbocycles. The van der Waals surface area contributed by atoms with Crippen LogP contribution in [0.5, 0.6) is 0 Å². The minimum absolute atomic E-state index is 0.304. The highest BCUT2D eigenvalue weighted by molar-refractivity contribution is 5.88. The average Bonchev–Trinajstić information content (AvgIpc) is 2.68. The quantitative estimate of drug-likeness (QED) is 0.788. The minimum atomic E-state index is -0.906. The van der Waals surface area contributed by atoms with E-state index in [1.54, 1.807) is 18.2 Å². The Kier molecular flexibility index (Phi) is 3.55. The maximum atomic E-state index is 10.9. The van der Waals surface area contributed by atoms with Crippen LogP contribution >= 0.6 is 0 Å². The van der Waals surface area contributed by atoms with Crippen molar-refractivity contribution in [1.82, 2.24) is 10.2 Å². The zero-order valence-electron chi connectivity index (χ0n) is 11.2. The van der Waals surface area contributed by atoms with E-state index >= 15 is 0 Å². The lowest BCUT2D eigenvalue weighted by Crippen LogP contribution is -2.04. The fraction of sp³-hybridized carbons (Fsp3) is 0.286. The molecule has 1 aromatic heterocycles. The van der Waals surface area contributed by atoms with Crippen LogP contribution in [0.3, 0.4) is 0 Å². The molecule has 0 saturated carbocycles. The molecule has 0 fully saturated rings. The SMILES string of the molecule is Cc1cc(C(=O)O)ccc1NCc1c(C)n[nH]c1C. The van der Waals surface area contributed by atoms with Gasteiger partial charge in [0.1, 0.15) is 0 Å². The van der Waals surface area contributed by atoms with Crippen LogP contribution in [0.15, 0.2) is 18.2 Å². The van der Waals surface area contributed by atoms with Gasteiger partial charge in [0, 0.05) is 23.5 Å². The van der Waals surface area contributed by atoms with Gasteiger partial charge >= 0.3 is 5.97 Å². The third kappa shape index (κ3) is 2.76. The molecule has 5 nitrogen and oxygen atoms in total. The Bertz CT molecular complexity index is 598. The lowest BCUT2D eigenvalue weighted by atomic mass is 10.1. The van der Waals surface area contributed by atoms with Crippen LogP contribution in [-0.4, -0.2) is 21.3 Å². The lowest BCUT2D eigenvalue weighted by molar-refractivity contribution is 0.0697. The number of aromatic nitrogens is 2. The molecule has 0 bridgehead atoms. The molecule has 1 heterocycles. The zero-order valence-corrected chi connectivity index (χ0v) is 11.2. The first kappa shape index (κ1) is 13.1. The number of anilines is 1. The van der Waals surface area contributed by atoms with E-state index in [2.05, 4.69) is 15.5 Å². The monoisotopic (exact) mass is 259 g/mol. The van der Waals surface area contributed by atoms with E-state index < -0.39 is 5.97 Å². The predicted octanol–water partition coefficient (Wildman–Crippen LogP) is 2.65. The van der Waals surface area contributed by atoms with Crippen molar-refractivity contribution < 1.29 is 9.90 Å². The van der Waals surface area contributed by atoms with Gasteiger partial charge < -0.3 is 10.4 Å². The summed E-state index contributed by atoms with van der Waals surface area (Å²) in [4.78, 5) is 10.9. The number of hydrogen-bond acceptors (Lipinski definition) is 3. The highest BCUT2D eigenvalue weighted by Gasteiger charge is 2.08. The smallest absolute Gasteiger partial charge is 0.335 e. The Morgan fingerprint density at radius 2 is 2.11 bits per heavy atom. The van der Waals surface area contributed by atoms with Gasteiger partial charge in [-0.3, -0.25) is 5.10 Å². The molecule has 0 spiro atoms. The zero-order chi connectivity index (χ0) is 14.0. The van der Waals surface area contributed by atoms with E-state index in [0.717, 1.165) is 28.2 Å². The molecule has 0 radical (unpaired) electrons. The largest absolute Gasteiger partial charge is 0.478 e. The van der Waals surface area contributed by atoms with Gasteiger partial charge in [0.25, 0.3) is 0 Å². The maximum Gasteiger partial charge on any atom is 0.335 e. The first-order valence-electron chi connectivity index (χ1n) is 6.07. The summed E-state index contributed by atoms with van der Waals surface area (Å²) in [5.74, 6) is -0.906. The molecule has 3 N–H and O–H groups in total. The summed E-state index contributed by atoms with van der Waals surface area (Å²) in [6.07, 6.45) is 0. The number of aromatic carboxylic acids is 1. The third-order valence-corrected chi connectivity index (χ3v) is 3.21. The molecule has 1 aromatic carbocycles. The third-order valence-electron chi connectivity index (χ3n) is 3.21. The highest BCUT2D eigenvalue weighted by Crippen LogP contribution is 2.19. The van der Waals surface area contributed by atoms with Gasteiger partial charge in [0.2, 0.25) is 0 Å². The molecule has 0 amide bonds. The first-order valence-corrected chi connectivity index (χ1v) is 6.07. The Hall–Kier alpha value is -2.30. The molecule has 2 rings (SSSR count). The number of carbonyl (C=O) groups is 1. The molecule has 0 aliphatic rings.